The largest absolute Gasteiger partial charge is 0.379 e. The van der Waals surface area contributed by atoms with E-state index in [9.17, 15) is 14.9 Å². The zero-order valence-corrected chi connectivity index (χ0v) is 19.4. The highest BCUT2D eigenvalue weighted by Crippen LogP contribution is 2.14. The van der Waals surface area contributed by atoms with Gasteiger partial charge in [0.2, 0.25) is 0 Å². The van der Waals surface area contributed by atoms with Gasteiger partial charge in [0, 0.05) is 19.3 Å². The summed E-state index contributed by atoms with van der Waals surface area (Å²) in [5.41, 5.74) is 1.79. The molecule has 0 radical (unpaired) electrons. The molecule has 0 fully saturated rings. The van der Waals surface area contributed by atoms with Gasteiger partial charge in [0.25, 0.3) is 11.5 Å². The number of rotatable bonds is 6. The smallest absolute Gasteiger partial charge is 0.289 e. The van der Waals surface area contributed by atoms with Gasteiger partial charge in [0.1, 0.15) is 17.4 Å². The van der Waals surface area contributed by atoms with Crippen LogP contribution in [0.4, 0.5) is 0 Å². The van der Waals surface area contributed by atoms with E-state index in [2.05, 4.69) is 11.1 Å². The Morgan fingerprint density at radius 2 is 2.12 bits per heavy atom. The number of nitrogens with zero attached hydrogens (tertiary/aromatic N) is 5. The van der Waals surface area contributed by atoms with E-state index in [1.54, 1.807) is 34.3 Å². The molecule has 33 heavy (non-hydrogen) atoms. The van der Waals surface area contributed by atoms with Crippen molar-refractivity contribution in [1.82, 2.24) is 14.0 Å². The van der Waals surface area contributed by atoms with Crippen molar-refractivity contribution in [2.75, 3.05) is 6.61 Å². The Balaban J connectivity index is 2.01. The molecule has 1 amide bonds. The predicted molar refractivity (Wildman–Crippen MR) is 126 cm³/mol. The second-order valence-electron chi connectivity index (χ2n) is 7.85. The van der Waals surface area contributed by atoms with Crippen LogP contribution in [-0.2, 0) is 11.3 Å². The Labute approximate surface area is 194 Å². The van der Waals surface area contributed by atoms with Crippen LogP contribution in [-0.4, -0.2) is 32.6 Å². The number of aromatic nitrogens is 3. The van der Waals surface area contributed by atoms with Crippen molar-refractivity contribution < 1.29 is 9.53 Å². The summed E-state index contributed by atoms with van der Waals surface area (Å²) in [6.07, 6.45) is 2.33. The number of hydrogen-bond acceptors (Lipinski definition) is 6. The summed E-state index contributed by atoms with van der Waals surface area (Å²) in [6, 6.07) is 10.7. The molecule has 0 N–H and O–H groups in total. The standard InChI is InChI=1S/C24H23N5O3S/c1-15(2)32-11-6-10-28-21(27-23(30)19-8-5-12-33-19)17(14-25)13-18-22(28)26-20-16(3)7-4-9-29(20)24(18)31/h4-5,7-9,12-13,15H,6,10-11H2,1-3H3. The number of carbonyl (C=O) groups excluding carboxylic acids is 1. The Hall–Kier alpha value is -3.61. The summed E-state index contributed by atoms with van der Waals surface area (Å²) in [5, 5.41) is 11.9. The topological polar surface area (TPSA) is 102 Å². The minimum atomic E-state index is -0.443. The Morgan fingerprint density at radius 1 is 1.30 bits per heavy atom. The van der Waals surface area contributed by atoms with Crippen LogP contribution in [0.25, 0.3) is 16.7 Å². The van der Waals surface area contributed by atoms with Gasteiger partial charge in [0.15, 0.2) is 5.49 Å². The van der Waals surface area contributed by atoms with E-state index < -0.39 is 5.91 Å². The first-order valence-corrected chi connectivity index (χ1v) is 11.5. The first kappa shape index (κ1) is 22.6. The molecule has 4 rings (SSSR count). The molecule has 0 atom stereocenters. The molecule has 0 aromatic carbocycles. The van der Waals surface area contributed by atoms with Gasteiger partial charge in [-0.05, 0) is 56.3 Å². The molecule has 9 heteroatoms. The average molecular weight is 462 g/mol. The van der Waals surface area contributed by atoms with E-state index in [0.29, 0.717) is 41.1 Å². The van der Waals surface area contributed by atoms with Gasteiger partial charge < -0.3 is 9.30 Å². The zero-order chi connectivity index (χ0) is 23.5. The molecule has 0 aliphatic rings. The molecule has 8 nitrogen and oxygen atoms in total. The number of pyridine rings is 2. The van der Waals surface area contributed by atoms with Crippen LogP contribution in [0.3, 0.4) is 0 Å². The number of fused-ring (bicyclic) bond motifs is 2. The molecule has 4 aromatic rings. The summed E-state index contributed by atoms with van der Waals surface area (Å²) in [4.78, 5) is 35.6. The molecule has 0 bridgehead atoms. The summed E-state index contributed by atoms with van der Waals surface area (Å²) < 4.78 is 8.83. The molecule has 0 aliphatic carbocycles. The number of nitriles is 1. The highest BCUT2D eigenvalue weighted by molar-refractivity contribution is 7.12. The van der Waals surface area contributed by atoms with Gasteiger partial charge in [-0.15, -0.1) is 11.3 Å². The fraction of sp³-hybridized carbons (Fsp3) is 0.292. The molecular weight excluding hydrogens is 438 g/mol. The lowest BCUT2D eigenvalue weighted by atomic mass is 10.2. The summed E-state index contributed by atoms with van der Waals surface area (Å²) in [6.45, 7) is 6.65. The fourth-order valence-electron chi connectivity index (χ4n) is 3.59. The molecule has 4 heterocycles. The maximum atomic E-state index is 13.3. The minimum Gasteiger partial charge on any atom is -0.379 e. The monoisotopic (exact) mass is 461 g/mol. The van der Waals surface area contributed by atoms with Crippen molar-refractivity contribution in [3.63, 3.8) is 0 Å². The molecule has 4 aromatic heterocycles. The maximum absolute atomic E-state index is 13.3. The van der Waals surface area contributed by atoms with Crippen LogP contribution >= 0.6 is 11.3 Å². The quantitative estimate of drug-likeness (QED) is 0.323. The van der Waals surface area contributed by atoms with E-state index in [0.717, 1.165) is 5.56 Å². The van der Waals surface area contributed by atoms with E-state index >= 15 is 0 Å². The molecule has 0 spiro atoms. The van der Waals surface area contributed by atoms with Gasteiger partial charge in [-0.25, -0.2) is 4.98 Å². The molecule has 0 aliphatic heterocycles. The highest BCUT2D eigenvalue weighted by atomic mass is 32.1. The van der Waals surface area contributed by atoms with Crippen LogP contribution in [0.5, 0.6) is 0 Å². The Bertz CT molecular complexity index is 1510. The van der Waals surface area contributed by atoms with E-state index in [1.165, 1.54) is 21.8 Å². The van der Waals surface area contributed by atoms with Crippen LogP contribution in [0.2, 0.25) is 0 Å². The number of thiophene rings is 1. The van der Waals surface area contributed by atoms with E-state index in [-0.39, 0.29) is 22.7 Å². The highest BCUT2D eigenvalue weighted by Gasteiger charge is 2.16. The lowest BCUT2D eigenvalue weighted by molar-refractivity contribution is 0.0748. The normalized spacial score (nSPS) is 12.0. The maximum Gasteiger partial charge on any atom is 0.289 e. The third-order valence-corrected chi connectivity index (χ3v) is 6.00. The van der Waals surface area contributed by atoms with Crippen molar-refractivity contribution in [3.05, 3.63) is 73.8 Å². The molecule has 168 valence electrons. The van der Waals surface area contributed by atoms with Gasteiger partial charge in [0.05, 0.1) is 21.9 Å². The third kappa shape index (κ3) is 4.49. The van der Waals surface area contributed by atoms with Gasteiger partial charge in [-0.3, -0.25) is 14.0 Å². The summed E-state index contributed by atoms with van der Waals surface area (Å²) >= 11 is 1.28. The Morgan fingerprint density at radius 3 is 2.82 bits per heavy atom. The zero-order valence-electron chi connectivity index (χ0n) is 18.6. The Kier molecular flexibility index (Phi) is 6.49. The molecule has 0 unspecified atom stereocenters. The van der Waals surface area contributed by atoms with Crippen molar-refractivity contribution >= 4 is 33.9 Å². The lowest BCUT2D eigenvalue weighted by Crippen LogP contribution is -2.30. The number of amides is 1. The van der Waals surface area contributed by atoms with E-state index in [1.807, 2.05) is 26.8 Å². The average Bonchev–Trinajstić information content (AvgIpc) is 3.33. The van der Waals surface area contributed by atoms with E-state index in [4.69, 9.17) is 9.72 Å². The predicted octanol–water partition coefficient (Wildman–Crippen LogP) is 3.45. The fourth-order valence-corrected chi connectivity index (χ4v) is 4.20. The number of aryl methyl sites for hydroxylation is 2. The van der Waals surface area contributed by atoms with Gasteiger partial charge >= 0.3 is 0 Å². The second kappa shape index (κ2) is 9.48. The number of carbonyl (C=O) groups is 1. The van der Waals surface area contributed by atoms with Gasteiger partial charge in [-0.1, -0.05) is 12.1 Å². The SMILES string of the molecule is Cc1cccn2c(=O)c3cc(C#N)c(=NC(=O)c4cccs4)n(CCCOC(C)C)c3nc12. The van der Waals surface area contributed by atoms with Crippen molar-refractivity contribution in [2.45, 2.75) is 39.8 Å². The van der Waals surface area contributed by atoms with Crippen molar-refractivity contribution in [1.29, 1.82) is 5.26 Å². The van der Waals surface area contributed by atoms with Crippen LogP contribution in [0, 0.1) is 18.3 Å². The second-order valence-corrected chi connectivity index (χ2v) is 8.80. The number of ether oxygens (including phenoxy) is 1. The first-order chi connectivity index (χ1) is 15.9. The molecular formula is C24H23N5O3S. The number of hydrogen-bond donors (Lipinski definition) is 0. The third-order valence-electron chi connectivity index (χ3n) is 5.14. The van der Waals surface area contributed by atoms with Gasteiger partial charge in [-0.2, -0.15) is 10.3 Å². The van der Waals surface area contributed by atoms with Crippen LogP contribution < -0.4 is 11.0 Å². The molecule has 0 saturated carbocycles. The summed E-state index contributed by atoms with van der Waals surface area (Å²) in [5.74, 6) is -0.443. The van der Waals surface area contributed by atoms with Crippen molar-refractivity contribution in [2.24, 2.45) is 4.99 Å². The van der Waals surface area contributed by atoms with Crippen LogP contribution in [0.1, 0.15) is 41.1 Å². The molecule has 0 saturated heterocycles. The van der Waals surface area contributed by atoms with Crippen LogP contribution in [0.15, 0.2) is 51.7 Å². The minimum absolute atomic E-state index is 0.0797. The first-order valence-electron chi connectivity index (χ1n) is 10.6. The lowest BCUT2D eigenvalue weighted by Gasteiger charge is -2.14. The summed E-state index contributed by atoms with van der Waals surface area (Å²) in [7, 11) is 0. The van der Waals surface area contributed by atoms with Crippen molar-refractivity contribution in [3.8, 4) is 6.07 Å².